The van der Waals surface area contributed by atoms with Gasteiger partial charge in [-0.2, -0.15) is 5.26 Å². The SMILES string of the molecule is N#CC(c1ccccc1)N(CC(=O)N1CCOCC1)c1ccccc1. The van der Waals surface area contributed by atoms with Crippen molar-refractivity contribution in [2.75, 3.05) is 37.7 Å². The highest BCUT2D eigenvalue weighted by molar-refractivity contribution is 5.82. The van der Waals surface area contributed by atoms with Crippen LogP contribution in [0.3, 0.4) is 0 Å². The normalized spacial score (nSPS) is 15.2. The maximum atomic E-state index is 12.8. The third kappa shape index (κ3) is 4.17. The van der Waals surface area contributed by atoms with E-state index in [0.717, 1.165) is 11.3 Å². The third-order valence-electron chi connectivity index (χ3n) is 4.31. The van der Waals surface area contributed by atoms with E-state index in [1.165, 1.54) is 0 Å². The molecule has 1 saturated heterocycles. The highest BCUT2D eigenvalue weighted by atomic mass is 16.5. The van der Waals surface area contributed by atoms with Gasteiger partial charge >= 0.3 is 0 Å². The molecule has 1 heterocycles. The molecule has 1 aliphatic heterocycles. The van der Waals surface area contributed by atoms with Crippen LogP contribution in [0.2, 0.25) is 0 Å². The molecule has 0 aliphatic carbocycles. The van der Waals surface area contributed by atoms with Crippen LogP contribution in [0.25, 0.3) is 0 Å². The summed E-state index contributed by atoms with van der Waals surface area (Å²) in [5.41, 5.74) is 1.74. The van der Waals surface area contributed by atoms with Crippen molar-refractivity contribution in [3.63, 3.8) is 0 Å². The maximum Gasteiger partial charge on any atom is 0.242 e. The lowest BCUT2D eigenvalue weighted by Gasteiger charge is -2.33. The zero-order valence-corrected chi connectivity index (χ0v) is 14.0. The van der Waals surface area contributed by atoms with Gasteiger partial charge in [0, 0.05) is 18.8 Å². The topological polar surface area (TPSA) is 56.6 Å². The number of nitriles is 1. The summed E-state index contributed by atoms with van der Waals surface area (Å²) in [7, 11) is 0. The Morgan fingerprint density at radius 2 is 1.68 bits per heavy atom. The van der Waals surface area contributed by atoms with Crippen molar-refractivity contribution >= 4 is 11.6 Å². The van der Waals surface area contributed by atoms with E-state index in [1.54, 1.807) is 4.90 Å². The standard InChI is InChI=1S/C20H21N3O2/c21-15-19(17-7-3-1-4-8-17)23(18-9-5-2-6-10-18)16-20(24)22-11-13-25-14-12-22/h1-10,19H,11-14,16H2. The van der Waals surface area contributed by atoms with E-state index in [1.807, 2.05) is 65.6 Å². The van der Waals surface area contributed by atoms with Crippen molar-refractivity contribution in [3.05, 3.63) is 66.2 Å². The zero-order valence-electron chi connectivity index (χ0n) is 14.0. The average molecular weight is 335 g/mol. The van der Waals surface area contributed by atoms with Gasteiger partial charge in [-0.05, 0) is 17.7 Å². The molecule has 0 N–H and O–H groups in total. The zero-order chi connectivity index (χ0) is 17.5. The number of morpholine rings is 1. The predicted molar refractivity (Wildman–Crippen MR) is 96.0 cm³/mol. The average Bonchev–Trinajstić information content (AvgIpc) is 2.70. The van der Waals surface area contributed by atoms with Gasteiger partial charge < -0.3 is 14.5 Å². The number of benzene rings is 2. The van der Waals surface area contributed by atoms with Crippen LogP contribution in [-0.4, -0.2) is 43.7 Å². The summed E-state index contributed by atoms with van der Waals surface area (Å²) in [5.74, 6) is 0.0170. The number of carbonyl (C=O) groups excluding carboxylic acids is 1. The minimum atomic E-state index is -0.520. The lowest BCUT2D eigenvalue weighted by atomic mass is 10.1. The Hall–Kier alpha value is -2.84. The Morgan fingerprint density at radius 3 is 2.28 bits per heavy atom. The van der Waals surface area contributed by atoms with Crippen molar-refractivity contribution < 1.29 is 9.53 Å². The number of carbonyl (C=O) groups is 1. The minimum absolute atomic E-state index is 0.0170. The molecule has 0 bridgehead atoms. The number of amides is 1. The van der Waals surface area contributed by atoms with Crippen LogP contribution >= 0.6 is 0 Å². The largest absolute Gasteiger partial charge is 0.378 e. The number of rotatable bonds is 5. The van der Waals surface area contributed by atoms with Crippen molar-refractivity contribution in [1.82, 2.24) is 4.90 Å². The van der Waals surface area contributed by atoms with Crippen molar-refractivity contribution in [2.24, 2.45) is 0 Å². The molecule has 1 unspecified atom stereocenters. The lowest BCUT2D eigenvalue weighted by molar-refractivity contribution is -0.133. The van der Waals surface area contributed by atoms with E-state index < -0.39 is 6.04 Å². The van der Waals surface area contributed by atoms with E-state index in [4.69, 9.17) is 4.74 Å². The summed E-state index contributed by atoms with van der Waals surface area (Å²) in [6.07, 6.45) is 0. The minimum Gasteiger partial charge on any atom is -0.378 e. The predicted octanol–water partition coefficient (Wildman–Crippen LogP) is 2.62. The number of para-hydroxylation sites is 1. The summed E-state index contributed by atoms with van der Waals surface area (Å²) in [6, 6.07) is 21.0. The molecule has 128 valence electrons. The Labute approximate surface area is 148 Å². The molecule has 5 heteroatoms. The van der Waals surface area contributed by atoms with Gasteiger partial charge in [0.2, 0.25) is 5.91 Å². The molecule has 25 heavy (non-hydrogen) atoms. The molecule has 0 radical (unpaired) electrons. The summed E-state index contributed by atoms with van der Waals surface area (Å²) < 4.78 is 5.32. The molecule has 1 fully saturated rings. The molecular weight excluding hydrogens is 314 g/mol. The molecule has 0 saturated carbocycles. The number of anilines is 1. The van der Waals surface area contributed by atoms with Gasteiger partial charge in [0.25, 0.3) is 0 Å². The molecule has 0 spiro atoms. The number of hydrogen-bond acceptors (Lipinski definition) is 4. The van der Waals surface area contributed by atoms with E-state index >= 15 is 0 Å². The highest BCUT2D eigenvalue weighted by Gasteiger charge is 2.26. The van der Waals surface area contributed by atoms with Gasteiger partial charge in [-0.1, -0.05) is 48.5 Å². The molecule has 1 amide bonds. The molecule has 5 nitrogen and oxygen atoms in total. The number of hydrogen-bond donors (Lipinski definition) is 0. The molecule has 3 rings (SSSR count). The molecule has 2 aromatic rings. The first-order valence-corrected chi connectivity index (χ1v) is 8.41. The van der Waals surface area contributed by atoms with Gasteiger partial charge in [-0.15, -0.1) is 0 Å². The van der Waals surface area contributed by atoms with Crippen LogP contribution in [0.15, 0.2) is 60.7 Å². The summed E-state index contributed by atoms with van der Waals surface area (Å²) in [4.78, 5) is 16.4. The molecule has 0 aromatic heterocycles. The maximum absolute atomic E-state index is 12.8. The molecule has 1 aliphatic rings. The third-order valence-corrected chi connectivity index (χ3v) is 4.31. The van der Waals surface area contributed by atoms with Crippen molar-refractivity contribution in [2.45, 2.75) is 6.04 Å². The second-order valence-corrected chi connectivity index (χ2v) is 5.90. The first-order valence-electron chi connectivity index (χ1n) is 8.41. The fourth-order valence-corrected chi connectivity index (χ4v) is 2.97. The smallest absolute Gasteiger partial charge is 0.242 e. The van der Waals surface area contributed by atoms with E-state index in [2.05, 4.69) is 6.07 Å². The molecule has 1 atom stereocenters. The van der Waals surface area contributed by atoms with Crippen LogP contribution in [0.5, 0.6) is 0 Å². The highest BCUT2D eigenvalue weighted by Crippen LogP contribution is 2.26. The fourth-order valence-electron chi connectivity index (χ4n) is 2.97. The number of ether oxygens (including phenoxy) is 1. The van der Waals surface area contributed by atoms with Gasteiger partial charge in [0.05, 0.1) is 25.8 Å². The van der Waals surface area contributed by atoms with Crippen molar-refractivity contribution in [3.8, 4) is 6.07 Å². The van der Waals surface area contributed by atoms with Crippen LogP contribution in [0.4, 0.5) is 5.69 Å². The second-order valence-electron chi connectivity index (χ2n) is 5.90. The van der Waals surface area contributed by atoms with Crippen molar-refractivity contribution in [1.29, 1.82) is 5.26 Å². The van der Waals surface area contributed by atoms with E-state index in [0.29, 0.717) is 26.3 Å². The second kappa shape index (κ2) is 8.32. The first-order chi connectivity index (χ1) is 12.3. The monoisotopic (exact) mass is 335 g/mol. The Kier molecular flexibility index (Phi) is 5.65. The quantitative estimate of drug-likeness (QED) is 0.843. The van der Waals surface area contributed by atoms with Crippen LogP contribution in [0.1, 0.15) is 11.6 Å². The van der Waals surface area contributed by atoms with Gasteiger partial charge in [0.15, 0.2) is 0 Å². The van der Waals surface area contributed by atoms with Crippen LogP contribution < -0.4 is 4.90 Å². The number of nitrogens with zero attached hydrogens (tertiary/aromatic N) is 3. The fraction of sp³-hybridized carbons (Fsp3) is 0.300. The van der Waals surface area contributed by atoms with Crippen LogP contribution in [0, 0.1) is 11.3 Å². The lowest BCUT2D eigenvalue weighted by Crippen LogP contribution is -2.46. The van der Waals surface area contributed by atoms with Gasteiger partial charge in [-0.25, -0.2) is 0 Å². The van der Waals surface area contributed by atoms with E-state index in [-0.39, 0.29) is 12.5 Å². The Balaban J connectivity index is 1.87. The first kappa shape index (κ1) is 17.0. The Bertz CT molecular complexity index is 722. The van der Waals surface area contributed by atoms with Crippen LogP contribution in [-0.2, 0) is 9.53 Å². The van der Waals surface area contributed by atoms with E-state index in [9.17, 15) is 10.1 Å². The van der Waals surface area contributed by atoms with Gasteiger partial charge in [0.1, 0.15) is 6.04 Å². The molecule has 2 aromatic carbocycles. The summed E-state index contributed by atoms with van der Waals surface area (Å²) in [6.45, 7) is 2.50. The summed E-state index contributed by atoms with van der Waals surface area (Å²) >= 11 is 0. The van der Waals surface area contributed by atoms with Gasteiger partial charge in [-0.3, -0.25) is 4.79 Å². The Morgan fingerprint density at radius 1 is 1.08 bits per heavy atom. The molecular formula is C20H21N3O2. The summed E-state index contributed by atoms with van der Waals surface area (Å²) in [5, 5.41) is 9.80.